The SMILES string of the molecule is CCCCOc1cc(-c2cc(C(=O)OC)on2)[n+]([O-])cc1OCCCC. The van der Waals surface area contributed by atoms with Crippen LogP contribution in [0, 0.1) is 5.21 Å². The van der Waals surface area contributed by atoms with Crippen molar-refractivity contribution in [3.63, 3.8) is 0 Å². The average Bonchev–Trinajstić information content (AvgIpc) is 3.13. The van der Waals surface area contributed by atoms with Crippen molar-refractivity contribution in [2.75, 3.05) is 20.3 Å². The minimum Gasteiger partial charge on any atom is -0.618 e. The lowest BCUT2D eigenvalue weighted by Crippen LogP contribution is -2.29. The Kier molecular flexibility index (Phi) is 7.25. The first-order valence-electron chi connectivity index (χ1n) is 8.68. The molecule has 0 aliphatic heterocycles. The highest BCUT2D eigenvalue weighted by Crippen LogP contribution is 2.30. The highest BCUT2D eigenvalue weighted by molar-refractivity contribution is 5.87. The van der Waals surface area contributed by atoms with Crippen LogP contribution in [0.15, 0.2) is 22.9 Å². The van der Waals surface area contributed by atoms with Crippen LogP contribution in [0.2, 0.25) is 0 Å². The van der Waals surface area contributed by atoms with Crippen LogP contribution in [0.5, 0.6) is 11.5 Å². The van der Waals surface area contributed by atoms with Gasteiger partial charge in [0.15, 0.2) is 11.4 Å². The van der Waals surface area contributed by atoms with Gasteiger partial charge in [0.1, 0.15) is 0 Å². The maximum Gasteiger partial charge on any atom is 0.376 e. The number of pyridine rings is 1. The zero-order chi connectivity index (χ0) is 18.9. The number of nitrogens with zero attached hydrogens (tertiary/aromatic N) is 2. The summed E-state index contributed by atoms with van der Waals surface area (Å²) in [6, 6.07) is 2.89. The van der Waals surface area contributed by atoms with Crippen molar-refractivity contribution in [1.29, 1.82) is 0 Å². The van der Waals surface area contributed by atoms with Gasteiger partial charge in [-0.15, -0.1) is 0 Å². The first kappa shape index (κ1) is 19.6. The normalized spacial score (nSPS) is 10.6. The quantitative estimate of drug-likeness (QED) is 0.276. The Labute approximate surface area is 152 Å². The lowest BCUT2D eigenvalue weighted by atomic mass is 10.2. The number of carbonyl (C=O) groups excluding carboxylic acids is 1. The van der Waals surface area contributed by atoms with Crippen molar-refractivity contribution in [1.82, 2.24) is 5.16 Å². The predicted molar refractivity (Wildman–Crippen MR) is 93.0 cm³/mol. The largest absolute Gasteiger partial charge is 0.618 e. The fourth-order valence-corrected chi connectivity index (χ4v) is 2.15. The van der Waals surface area contributed by atoms with Crippen LogP contribution in [0.25, 0.3) is 11.4 Å². The lowest BCUT2D eigenvalue weighted by molar-refractivity contribution is -0.594. The van der Waals surface area contributed by atoms with E-state index < -0.39 is 5.97 Å². The van der Waals surface area contributed by atoms with E-state index in [0.29, 0.717) is 29.4 Å². The van der Waals surface area contributed by atoms with Gasteiger partial charge in [0, 0.05) is 6.07 Å². The second-order valence-electron chi connectivity index (χ2n) is 5.68. The summed E-state index contributed by atoms with van der Waals surface area (Å²) in [5.41, 5.74) is 0.402. The molecule has 2 aromatic heterocycles. The highest BCUT2D eigenvalue weighted by atomic mass is 16.6. The molecule has 0 bridgehead atoms. The minimum atomic E-state index is -0.667. The van der Waals surface area contributed by atoms with Gasteiger partial charge >= 0.3 is 5.97 Å². The van der Waals surface area contributed by atoms with E-state index >= 15 is 0 Å². The molecule has 0 spiro atoms. The van der Waals surface area contributed by atoms with E-state index in [1.165, 1.54) is 19.4 Å². The summed E-state index contributed by atoms with van der Waals surface area (Å²) in [6.07, 6.45) is 5.03. The third-order valence-corrected chi connectivity index (χ3v) is 3.65. The fraction of sp³-hybridized carbons (Fsp3) is 0.500. The van der Waals surface area contributed by atoms with Crippen LogP contribution in [-0.4, -0.2) is 31.4 Å². The van der Waals surface area contributed by atoms with E-state index in [-0.39, 0.29) is 17.1 Å². The summed E-state index contributed by atoms with van der Waals surface area (Å²) in [4.78, 5) is 11.5. The maximum absolute atomic E-state index is 12.4. The average molecular weight is 364 g/mol. The predicted octanol–water partition coefficient (Wildman–Crippen LogP) is 3.12. The van der Waals surface area contributed by atoms with E-state index in [4.69, 9.17) is 14.0 Å². The van der Waals surface area contributed by atoms with E-state index in [1.807, 2.05) is 0 Å². The van der Waals surface area contributed by atoms with Gasteiger partial charge in [-0.2, -0.15) is 4.73 Å². The Bertz CT molecular complexity index is 728. The molecule has 2 aromatic rings. The molecule has 0 N–H and O–H groups in total. The van der Waals surface area contributed by atoms with E-state index in [1.54, 1.807) is 6.07 Å². The number of aromatic nitrogens is 2. The topological polar surface area (TPSA) is 97.7 Å². The van der Waals surface area contributed by atoms with Crippen LogP contribution in [-0.2, 0) is 4.74 Å². The molecule has 0 saturated carbocycles. The monoisotopic (exact) mass is 364 g/mol. The number of ether oxygens (including phenoxy) is 3. The second-order valence-corrected chi connectivity index (χ2v) is 5.68. The molecule has 8 nitrogen and oxygen atoms in total. The molecular weight excluding hydrogens is 340 g/mol. The first-order valence-corrected chi connectivity index (χ1v) is 8.68. The molecule has 0 aromatic carbocycles. The smallest absolute Gasteiger partial charge is 0.376 e. The van der Waals surface area contributed by atoms with Gasteiger partial charge in [-0.25, -0.2) is 4.79 Å². The van der Waals surface area contributed by atoms with Crippen molar-refractivity contribution in [2.45, 2.75) is 39.5 Å². The molecule has 26 heavy (non-hydrogen) atoms. The van der Waals surface area contributed by atoms with Crippen molar-refractivity contribution in [3.8, 4) is 22.9 Å². The Hall–Kier alpha value is -2.77. The van der Waals surface area contributed by atoms with E-state index in [9.17, 15) is 10.0 Å². The molecule has 2 rings (SSSR count). The number of esters is 1. The summed E-state index contributed by atoms with van der Waals surface area (Å²) in [6.45, 7) is 5.13. The molecule has 0 radical (unpaired) electrons. The maximum atomic E-state index is 12.4. The van der Waals surface area contributed by atoms with Gasteiger partial charge in [0.2, 0.25) is 23.4 Å². The lowest BCUT2D eigenvalue weighted by Gasteiger charge is -2.13. The van der Waals surface area contributed by atoms with Crippen molar-refractivity contribution in [3.05, 3.63) is 29.3 Å². The first-order chi connectivity index (χ1) is 12.6. The minimum absolute atomic E-state index is 0.0841. The number of rotatable bonds is 10. The molecule has 0 saturated heterocycles. The van der Waals surface area contributed by atoms with E-state index in [2.05, 4.69) is 23.7 Å². The molecule has 0 fully saturated rings. The van der Waals surface area contributed by atoms with Crippen molar-refractivity contribution >= 4 is 5.97 Å². The molecular formula is C18H24N2O6. The van der Waals surface area contributed by atoms with Crippen LogP contribution in [0.3, 0.4) is 0 Å². The number of carbonyl (C=O) groups is 1. The fourth-order valence-electron chi connectivity index (χ4n) is 2.15. The molecule has 0 amide bonds. The third kappa shape index (κ3) is 4.87. The molecule has 0 aliphatic carbocycles. The molecule has 8 heteroatoms. The summed E-state index contributed by atoms with van der Waals surface area (Å²) in [5.74, 6) is 0.0867. The van der Waals surface area contributed by atoms with Gasteiger partial charge in [-0.3, -0.25) is 0 Å². The number of hydrogen-bond acceptors (Lipinski definition) is 7. The van der Waals surface area contributed by atoms with Crippen LogP contribution < -0.4 is 14.2 Å². The van der Waals surface area contributed by atoms with E-state index in [0.717, 1.165) is 25.7 Å². The number of unbranched alkanes of at least 4 members (excludes halogenated alkanes) is 2. The highest BCUT2D eigenvalue weighted by Gasteiger charge is 2.22. The third-order valence-electron chi connectivity index (χ3n) is 3.65. The van der Waals surface area contributed by atoms with Crippen LogP contribution in [0.4, 0.5) is 0 Å². The number of hydrogen-bond donors (Lipinski definition) is 0. The van der Waals surface area contributed by atoms with Gasteiger partial charge in [0.25, 0.3) is 0 Å². The van der Waals surface area contributed by atoms with Crippen LogP contribution >= 0.6 is 0 Å². The molecule has 2 heterocycles. The molecule has 0 aliphatic rings. The van der Waals surface area contributed by atoms with Crippen molar-refractivity contribution in [2.24, 2.45) is 0 Å². The van der Waals surface area contributed by atoms with Gasteiger partial charge in [-0.05, 0) is 12.8 Å². The molecule has 0 unspecified atom stereocenters. The summed E-state index contributed by atoms with van der Waals surface area (Å²) >= 11 is 0. The number of methoxy groups -OCH3 is 1. The Morgan fingerprint density at radius 2 is 1.81 bits per heavy atom. The van der Waals surface area contributed by atoms with Gasteiger partial charge in [0.05, 0.1) is 26.4 Å². The Morgan fingerprint density at radius 3 is 2.42 bits per heavy atom. The summed E-state index contributed by atoms with van der Waals surface area (Å²) in [5, 5.41) is 16.2. The zero-order valence-corrected chi connectivity index (χ0v) is 15.3. The van der Waals surface area contributed by atoms with Gasteiger partial charge in [-0.1, -0.05) is 31.8 Å². The summed E-state index contributed by atoms with van der Waals surface area (Å²) in [7, 11) is 1.24. The Balaban J connectivity index is 2.32. The van der Waals surface area contributed by atoms with Crippen LogP contribution in [0.1, 0.15) is 50.1 Å². The standard InChI is InChI=1S/C18H24N2O6/c1-4-6-8-24-15-11-14(13-10-16(26-19-13)18(21)23-3)20(22)12-17(15)25-9-7-5-2/h10-12H,4-9H2,1-3H3. The molecule has 142 valence electrons. The van der Waals surface area contributed by atoms with Gasteiger partial charge < -0.3 is 23.9 Å². The second kappa shape index (κ2) is 9.65. The molecule has 0 atom stereocenters. The van der Waals surface area contributed by atoms with Crippen molar-refractivity contribution < 1.29 is 28.3 Å². The summed E-state index contributed by atoms with van der Waals surface area (Å²) < 4.78 is 21.6. The Morgan fingerprint density at radius 1 is 1.15 bits per heavy atom. The zero-order valence-electron chi connectivity index (χ0n) is 15.3.